The van der Waals surface area contributed by atoms with Crippen LogP contribution in [0.2, 0.25) is 5.02 Å². The molecule has 96 valence electrons. The summed E-state index contributed by atoms with van der Waals surface area (Å²) in [5, 5.41) is 0.274. The molecule has 1 rings (SSSR count). The lowest BCUT2D eigenvalue weighted by Crippen LogP contribution is -2.18. The highest BCUT2D eigenvalue weighted by molar-refractivity contribution is 8.13. The summed E-state index contributed by atoms with van der Waals surface area (Å²) < 4.78 is 33.0. The lowest BCUT2D eigenvalue weighted by atomic mass is 10.3. The second-order valence-electron chi connectivity index (χ2n) is 3.41. The third-order valence-corrected chi connectivity index (χ3v) is 3.48. The van der Waals surface area contributed by atoms with E-state index in [1.807, 2.05) is 0 Å². The highest BCUT2D eigenvalue weighted by Gasteiger charge is 2.19. The van der Waals surface area contributed by atoms with Gasteiger partial charge in [0.25, 0.3) is 9.05 Å². The first-order valence-electron chi connectivity index (χ1n) is 4.74. The van der Waals surface area contributed by atoms with Gasteiger partial charge in [-0.15, -0.1) is 0 Å². The first kappa shape index (κ1) is 14.6. The van der Waals surface area contributed by atoms with E-state index in [4.69, 9.17) is 31.8 Å². The van der Waals surface area contributed by atoms with E-state index in [1.165, 1.54) is 25.3 Å². The third-order valence-electron chi connectivity index (χ3n) is 1.90. The second-order valence-corrected chi connectivity index (χ2v) is 6.38. The van der Waals surface area contributed by atoms with E-state index in [0.717, 1.165) is 0 Å². The Morgan fingerprint density at radius 2 is 2.06 bits per heavy atom. The normalized spacial score (nSPS) is 13.4. The largest absolute Gasteiger partial charge is 0.487 e. The van der Waals surface area contributed by atoms with Gasteiger partial charge in [-0.05, 0) is 25.1 Å². The molecule has 0 fully saturated rings. The van der Waals surface area contributed by atoms with Crippen molar-refractivity contribution in [2.45, 2.75) is 17.9 Å². The number of halogens is 2. The lowest BCUT2D eigenvalue weighted by Gasteiger charge is -2.15. The van der Waals surface area contributed by atoms with Crippen molar-refractivity contribution in [1.29, 1.82) is 0 Å². The molecule has 0 aliphatic heterocycles. The van der Waals surface area contributed by atoms with Crippen LogP contribution in [-0.2, 0) is 13.8 Å². The van der Waals surface area contributed by atoms with Crippen molar-refractivity contribution in [1.82, 2.24) is 0 Å². The second kappa shape index (κ2) is 5.91. The molecule has 0 spiro atoms. The average molecular weight is 299 g/mol. The van der Waals surface area contributed by atoms with E-state index in [-0.39, 0.29) is 21.8 Å². The van der Waals surface area contributed by atoms with Crippen LogP contribution in [0.15, 0.2) is 23.1 Å². The van der Waals surface area contributed by atoms with Gasteiger partial charge >= 0.3 is 0 Å². The van der Waals surface area contributed by atoms with Crippen molar-refractivity contribution in [3.8, 4) is 5.75 Å². The molecule has 7 heteroatoms. The zero-order chi connectivity index (χ0) is 13.1. The van der Waals surface area contributed by atoms with E-state index in [1.54, 1.807) is 6.92 Å². The Kier molecular flexibility index (Phi) is 5.06. The Hall–Kier alpha value is -0.490. The van der Waals surface area contributed by atoms with Crippen LogP contribution in [0.3, 0.4) is 0 Å². The van der Waals surface area contributed by atoms with Crippen LogP contribution in [0.1, 0.15) is 6.92 Å². The van der Waals surface area contributed by atoms with Gasteiger partial charge in [0.1, 0.15) is 16.7 Å². The van der Waals surface area contributed by atoms with E-state index >= 15 is 0 Å². The summed E-state index contributed by atoms with van der Waals surface area (Å²) >= 11 is 5.72. The Bertz CT molecular complexity index is 487. The number of hydrogen-bond donors (Lipinski definition) is 0. The van der Waals surface area contributed by atoms with Crippen LogP contribution in [-0.4, -0.2) is 28.2 Å². The molecule has 0 N–H and O–H groups in total. The molecule has 0 heterocycles. The molecule has 1 aromatic carbocycles. The molecule has 0 saturated carbocycles. The van der Waals surface area contributed by atoms with Gasteiger partial charge in [0, 0.05) is 22.8 Å². The van der Waals surface area contributed by atoms with Gasteiger partial charge in [-0.25, -0.2) is 8.42 Å². The maximum absolute atomic E-state index is 11.3. The van der Waals surface area contributed by atoms with E-state index < -0.39 is 9.05 Å². The number of methoxy groups -OCH3 is 1. The first-order chi connectivity index (χ1) is 7.84. The van der Waals surface area contributed by atoms with Gasteiger partial charge in [-0.3, -0.25) is 0 Å². The van der Waals surface area contributed by atoms with Gasteiger partial charge in [-0.2, -0.15) is 0 Å². The number of benzene rings is 1. The maximum atomic E-state index is 11.3. The SMILES string of the molecule is COC[C@@H](C)Oc1ccc(Cl)cc1S(=O)(=O)Cl. The summed E-state index contributed by atoms with van der Waals surface area (Å²) in [7, 11) is 2.93. The Morgan fingerprint density at radius 3 is 2.59 bits per heavy atom. The van der Waals surface area contributed by atoms with Crippen LogP contribution in [0, 0.1) is 0 Å². The monoisotopic (exact) mass is 298 g/mol. The number of hydrogen-bond acceptors (Lipinski definition) is 4. The minimum absolute atomic E-state index is 0.144. The summed E-state index contributed by atoms with van der Waals surface area (Å²) in [6, 6.07) is 4.24. The Balaban J connectivity index is 3.07. The predicted octanol–water partition coefficient (Wildman–Crippen LogP) is 2.68. The fourth-order valence-corrected chi connectivity index (χ4v) is 2.48. The zero-order valence-electron chi connectivity index (χ0n) is 9.31. The van der Waals surface area contributed by atoms with Gasteiger partial charge < -0.3 is 9.47 Å². The minimum atomic E-state index is -3.89. The van der Waals surface area contributed by atoms with Crippen molar-refractivity contribution in [2.75, 3.05) is 13.7 Å². The van der Waals surface area contributed by atoms with Crippen molar-refractivity contribution < 1.29 is 17.9 Å². The first-order valence-corrected chi connectivity index (χ1v) is 7.43. The molecule has 1 aromatic rings. The van der Waals surface area contributed by atoms with Crippen LogP contribution >= 0.6 is 22.3 Å². The maximum Gasteiger partial charge on any atom is 0.265 e. The summed E-state index contributed by atoms with van der Waals surface area (Å²) in [6.45, 7) is 2.09. The van der Waals surface area contributed by atoms with Crippen molar-refractivity contribution >= 4 is 31.3 Å². The van der Waals surface area contributed by atoms with Gasteiger partial charge in [0.2, 0.25) is 0 Å². The van der Waals surface area contributed by atoms with Crippen molar-refractivity contribution in [2.24, 2.45) is 0 Å². The topological polar surface area (TPSA) is 52.6 Å². The molecule has 0 unspecified atom stereocenters. The van der Waals surface area contributed by atoms with Crippen molar-refractivity contribution in [3.63, 3.8) is 0 Å². The molecule has 4 nitrogen and oxygen atoms in total. The highest BCUT2D eigenvalue weighted by atomic mass is 35.7. The number of rotatable bonds is 5. The van der Waals surface area contributed by atoms with Crippen LogP contribution in [0.5, 0.6) is 5.75 Å². The zero-order valence-corrected chi connectivity index (χ0v) is 11.6. The Morgan fingerprint density at radius 1 is 1.41 bits per heavy atom. The molecule has 0 aromatic heterocycles. The standard InChI is InChI=1S/C10H12Cl2O4S/c1-7(6-15-2)16-9-4-3-8(11)5-10(9)17(12,13)14/h3-5,7H,6H2,1-2H3/t7-/m1/s1. The van der Waals surface area contributed by atoms with Gasteiger partial charge in [0.15, 0.2) is 0 Å². The molecule has 0 bridgehead atoms. The van der Waals surface area contributed by atoms with Crippen LogP contribution in [0.25, 0.3) is 0 Å². The van der Waals surface area contributed by atoms with Crippen LogP contribution in [0.4, 0.5) is 0 Å². The van der Waals surface area contributed by atoms with E-state index in [9.17, 15) is 8.42 Å². The number of ether oxygens (including phenoxy) is 2. The highest BCUT2D eigenvalue weighted by Crippen LogP contribution is 2.30. The molecular formula is C10H12Cl2O4S. The molecule has 0 amide bonds. The minimum Gasteiger partial charge on any atom is -0.487 e. The predicted molar refractivity (Wildman–Crippen MR) is 66.5 cm³/mol. The van der Waals surface area contributed by atoms with E-state index in [2.05, 4.69) is 0 Å². The van der Waals surface area contributed by atoms with Gasteiger partial charge in [-0.1, -0.05) is 11.6 Å². The molecule has 1 atom stereocenters. The fourth-order valence-electron chi connectivity index (χ4n) is 1.26. The summed E-state index contributed by atoms with van der Waals surface area (Å²) in [5.41, 5.74) is 0. The van der Waals surface area contributed by atoms with Crippen molar-refractivity contribution in [3.05, 3.63) is 23.2 Å². The summed E-state index contributed by atoms with van der Waals surface area (Å²) in [6.07, 6.45) is -0.293. The quantitative estimate of drug-likeness (QED) is 0.784. The Labute approximate surface area is 110 Å². The van der Waals surface area contributed by atoms with Gasteiger partial charge in [0.05, 0.1) is 6.61 Å². The fraction of sp³-hybridized carbons (Fsp3) is 0.400. The van der Waals surface area contributed by atoms with Crippen LogP contribution < -0.4 is 4.74 Å². The summed E-state index contributed by atoms with van der Waals surface area (Å²) in [4.78, 5) is -0.144. The molecule has 0 aliphatic rings. The molecule has 0 aliphatic carbocycles. The summed E-state index contributed by atoms with van der Waals surface area (Å²) in [5.74, 6) is 0.161. The third kappa shape index (κ3) is 4.35. The lowest BCUT2D eigenvalue weighted by molar-refractivity contribution is 0.0901. The molecule has 0 saturated heterocycles. The molecule has 0 radical (unpaired) electrons. The average Bonchev–Trinajstić information content (AvgIpc) is 2.19. The smallest absolute Gasteiger partial charge is 0.265 e. The molecule has 17 heavy (non-hydrogen) atoms. The van der Waals surface area contributed by atoms with E-state index in [0.29, 0.717) is 6.61 Å². The molecular weight excluding hydrogens is 287 g/mol.